The van der Waals surface area contributed by atoms with Gasteiger partial charge in [0.2, 0.25) is 0 Å². The van der Waals surface area contributed by atoms with E-state index in [1.807, 2.05) is 24.3 Å². The first-order valence-electron chi connectivity index (χ1n) is 4.12. The van der Waals surface area contributed by atoms with Gasteiger partial charge in [-0.3, -0.25) is 4.98 Å². The van der Waals surface area contributed by atoms with Crippen LogP contribution >= 0.6 is 0 Å². The van der Waals surface area contributed by atoms with Gasteiger partial charge in [-0.05, 0) is 11.6 Å². The summed E-state index contributed by atoms with van der Waals surface area (Å²) in [6.45, 7) is 0. The van der Waals surface area contributed by atoms with Crippen LogP contribution in [0.15, 0.2) is 24.4 Å². The molecule has 1 aliphatic carbocycles. The van der Waals surface area contributed by atoms with Crippen molar-refractivity contribution in [3.05, 3.63) is 35.7 Å². The Morgan fingerprint density at radius 3 is 3.64 bits per heavy atom. The van der Waals surface area contributed by atoms with Crippen molar-refractivity contribution in [1.82, 2.24) is 4.98 Å². The third-order valence-corrected chi connectivity index (χ3v) is 1.98. The molecule has 0 saturated carbocycles. The Morgan fingerprint density at radius 2 is 2.64 bits per heavy atom. The van der Waals surface area contributed by atoms with Crippen LogP contribution in [-0.2, 0) is 4.74 Å². The molecule has 3 rings (SSSR count). The van der Waals surface area contributed by atoms with E-state index in [2.05, 4.69) is 4.98 Å². The second-order valence-corrected chi connectivity index (χ2v) is 2.70. The summed E-state index contributed by atoms with van der Waals surface area (Å²) in [5.41, 5.74) is 1.75. The molecule has 11 heavy (non-hydrogen) atoms. The Morgan fingerprint density at radius 1 is 1.64 bits per heavy atom. The molecule has 0 aromatic carbocycles. The first-order chi connectivity index (χ1) is 5.81. The number of ether oxygens (including phenoxy) is 1. The number of hydrogen-bond donors (Lipinski definition) is 0. The van der Waals surface area contributed by atoms with Gasteiger partial charge in [0.1, 0.15) is 12.2 Å². The number of fused-ring (bicyclic) bond motifs is 3. The van der Waals surface area contributed by atoms with Crippen LogP contribution in [0, 0.1) is 0 Å². The lowest BCUT2D eigenvalue weighted by Gasteiger charge is -2.02. The van der Waals surface area contributed by atoms with E-state index in [-0.39, 0.29) is 6.10 Å². The van der Waals surface area contributed by atoms with Gasteiger partial charge in [0.25, 0.3) is 0 Å². The van der Waals surface area contributed by atoms with Crippen LogP contribution in [0.3, 0.4) is 0 Å². The minimum absolute atomic E-state index is 0.0695. The van der Waals surface area contributed by atoms with Crippen LogP contribution in [0.4, 0.5) is 0 Å². The van der Waals surface area contributed by atoms with Crippen LogP contribution in [0.5, 0.6) is 0 Å². The average molecular weight is 146 g/mol. The minimum atomic E-state index is -0.870. The summed E-state index contributed by atoms with van der Waals surface area (Å²) in [4.78, 5) is 4.15. The second kappa shape index (κ2) is 1.71. The van der Waals surface area contributed by atoms with Crippen molar-refractivity contribution in [3.8, 4) is 0 Å². The SMILES string of the molecule is [2H]C12OC1C=Cc1cccnc12. The Bertz CT molecular complexity index is 377. The van der Waals surface area contributed by atoms with Crippen LogP contribution in [0.1, 0.15) is 18.7 Å². The molecule has 1 aromatic heterocycles. The largest absolute Gasteiger partial charge is 0.358 e. The molecular formula is C9H7NO. The fourth-order valence-corrected chi connectivity index (χ4v) is 1.37. The molecule has 2 aliphatic rings. The van der Waals surface area contributed by atoms with Crippen LogP contribution in [0.25, 0.3) is 6.08 Å². The summed E-state index contributed by atoms with van der Waals surface area (Å²) < 4.78 is 13.1. The summed E-state index contributed by atoms with van der Waals surface area (Å²) >= 11 is 0. The lowest BCUT2D eigenvalue weighted by Crippen LogP contribution is -1.97. The van der Waals surface area contributed by atoms with E-state index < -0.39 is 6.08 Å². The van der Waals surface area contributed by atoms with E-state index >= 15 is 0 Å². The lowest BCUT2D eigenvalue weighted by atomic mass is 10.0. The normalized spacial score (nSPS) is 38.9. The zero-order valence-corrected chi connectivity index (χ0v) is 5.82. The molecule has 1 aliphatic heterocycles. The topological polar surface area (TPSA) is 25.4 Å². The van der Waals surface area contributed by atoms with E-state index in [9.17, 15) is 0 Å². The number of nitrogens with zero attached hydrogens (tertiary/aromatic N) is 1. The maximum atomic E-state index is 7.85. The Balaban J connectivity index is 2.27. The van der Waals surface area contributed by atoms with Gasteiger partial charge in [0.15, 0.2) is 0 Å². The van der Waals surface area contributed by atoms with E-state index in [1.165, 1.54) is 0 Å². The van der Waals surface area contributed by atoms with Crippen molar-refractivity contribution in [2.75, 3.05) is 0 Å². The summed E-state index contributed by atoms with van der Waals surface area (Å²) in [5.74, 6) is 0. The molecule has 0 amide bonds. The molecule has 0 spiro atoms. The molecule has 2 unspecified atom stereocenters. The number of hydrogen-bond acceptors (Lipinski definition) is 2. The highest BCUT2D eigenvalue weighted by atomic mass is 16.6. The predicted molar refractivity (Wildman–Crippen MR) is 40.9 cm³/mol. The molecule has 1 aromatic rings. The third-order valence-electron chi connectivity index (χ3n) is 1.98. The lowest BCUT2D eigenvalue weighted by molar-refractivity contribution is 0.392. The highest BCUT2D eigenvalue weighted by Gasteiger charge is 2.42. The zero-order valence-electron chi connectivity index (χ0n) is 6.82. The van der Waals surface area contributed by atoms with Crippen LogP contribution in [-0.4, -0.2) is 11.1 Å². The van der Waals surface area contributed by atoms with E-state index in [0.717, 1.165) is 11.3 Å². The van der Waals surface area contributed by atoms with Gasteiger partial charge in [-0.25, -0.2) is 0 Å². The molecular weight excluding hydrogens is 138 g/mol. The third kappa shape index (κ3) is 0.672. The van der Waals surface area contributed by atoms with Crippen molar-refractivity contribution in [3.63, 3.8) is 0 Å². The molecule has 1 fully saturated rings. The molecule has 2 atom stereocenters. The molecule has 0 bridgehead atoms. The number of pyridine rings is 1. The first-order valence-corrected chi connectivity index (χ1v) is 3.62. The zero-order chi connectivity index (χ0) is 8.18. The Hall–Kier alpha value is -1.15. The van der Waals surface area contributed by atoms with Gasteiger partial charge in [0.05, 0.1) is 7.06 Å². The average Bonchev–Trinajstić information content (AvgIpc) is 2.78. The van der Waals surface area contributed by atoms with Crippen molar-refractivity contribution >= 4 is 6.08 Å². The van der Waals surface area contributed by atoms with Gasteiger partial charge in [-0.1, -0.05) is 18.2 Å². The quantitative estimate of drug-likeness (QED) is 0.519. The first kappa shape index (κ1) is 4.67. The molecule has 2 heterocycles. The van der Waals surface area contributed by atoms with E-state index in [0.29, 0.717) is 0 Å². The number of epoxide rings is 1. The number of aromatic nitrogens is 1. The summed E-state index contributed by atoms with van der Waals surface area (Å²) in [6.07, 6.45) is 4.64. The van der Waals surface area contributed by atoms with Gasteiger partial charge in [-0.15, -0.1) is 0 Å². The minimum Gasteiger partial charge on any atom is -0.358 e. The van der Waals surface area contributed by atoms with Gasteiger partial charge in [0, 0.05) is 6.20 Å². The smallest absolute Gasteiger partial charge is 0.131 e. The molecule has 0 N–H and O–H groups in total. The molecule has 2 nitrogen and oxygen atoms in total. The van der Waals surface area contributed by atoms with Gasteiger partial charge >= 0.3 is 0 Å². The standard InChI is InChI=1S/C9H7NO/c1-2-6-3-4-7-9(11-7)8(6)10-5-1/h1-5,7,9H/i9D. The van der Waals surface area contributed by atoms with Crippen molar-refractivity contribution in [1.29, 1.82) is 0 Å². The fraction of sp³-hybridized carbons (Fsp3) is 0.222. The van der Waals surface area contributed by atoms with Crippen molar-refractivity contribution in [2.45, 2.75) is 12.2 Å². The van der Waals surface area contributed by atoms with E-state index in [4.69, 9.17) is 6.11 Å². The second-order valence-electron chi connectivity index (χ2n) is 2.70. The van der Waals surface area contributed by atoms with Gasteiger partial charge in [-0.2, -0.15) is 0 Å². The summed E-state index contributed by atoms with van der Waals surface area (Å²) in [6, 6.07) is 3.82. The van der Waals surface area contributed by atoms with Crippen molar-refractivity contribution in [2.24, 2.45) is 0 Å². The van der Waals surface area contributed by atoms with Crippen molar-refractivity contribution < 1.29 is 6.11 Å². The number of rotatable bonds is 0. The summed E-state index contributed by atoms with van der Waals surface area (Å²) in [7, 11) is 0. The molecule has 0 radical (unpaired) electrons. The maximum Gasteiger partial charge on any atom is 0.131 e. The molecule has 2 heteroatoms. The van der Waals surface area contributed by atoms with Crippen LogP contribution in [0.2, 0.25) is 0 Å². The molecule has 1 saturated heterocycles. The summed E-state index contributed by atoms with van der Waals surface area (Å²) in [5, 5.41) is 0. The Labute approximate surface area is 65.9 Å². The van der Waals surface area contributed by atoms with Gasteiger partial charge < -0.3 is 4.74 Å². The van der Waals surface area contributed by atoms with Crippen LogP contribution < -0.4 is 0 Å². The maximum absolute atomic E-state index is 7.85. The highest BCUT2D eigenvalue weighted by Crippen LogP contribution is 2.43. The fourth-order valence-electron chi connectivity index (χ4n) is 1.37. The predicted octanol–water partition coefficient (Wildman–Crippen LogP) is 1.55. The monoisotopic (exact) mass is 146 g/mol. The van der Waals surface area contributed by atoms with E-state index in [1.54, 1.807) is 6.20 Å². The Kier molecular flexibility index (Phi) is 0.727. The highest BCUT2D eigenvalue weighted by molar-refractivity contribution is 5.57. The molecule has 54 valence electrons.